The van der Waals surface area contributed by atoms with Gasteiger partial charge in [0.25, 0.3) is 0 Å². The summed E-state index contributed by atoms with van der Waals surface area (Å²) in [5, 5.41) is 0. The van der Waals surface area contributed by atoms with Gasteiger partial charge in [0.15, 0.2) is 0 Å². The summed E-state index contributed by atoms with van der Waals surface area (Å²) in [5.74, 6) is 0.876. The molecule has 0 saturated heterocycles. The Hall–Kier alpha value is -0.330. The molecular weight excluding hydrogens is 498 g/mol. The lowest BCUT2D eigenvalue weighted by atomic mass is 10.3. The maximum atomic E-state index is 13.1. The molecule has 0 amide bonds. The Balaban J connectivity index is 2.32. The van der Waals surface area contributed by atoms with E-state index >= 15 is 0 Å². The summed E-state index contributed by atoms with van der Waals surface area (Å²) in [5.41, 5.74) is -0.349. The summed E-state index contributed by atoms with van der Waals surface area (Å²) >= 11 is 5.29. The van der Waals surface area contributed by atoms with Gasteiger partial charge in [-0.15, -0.1) is 0 Å². The van der Waals surface area contributed by atoms with Gasteiger partial charge in [0.1, 0.15) is 22.9 Å². The van der Waals surface area contributed by atoms with Gasteiger partial charge in [0.2, 0.25) is 0 Å². The number of ether oxygens (including phenoxy) is 1. The summed E-state index contributed by atoms with van der Waals surface area (Å²) in [6.45, 7) is 0.151. The molecule has 0 unspecified atom stereocenters. The van der Waals surface area contributed by atoms with Gasteiger partial charge in [-0.3, -0.25) is 4.57 Å². The van der Waals surface area contributed by atoms with Crippen LogP contribution in [0.1, 0.15) is 5.69 Å². The van der Waals surface area contributed by atoms with Gasteiger partial charge >= 0.3 is 6.18 Å². The predicted octanol–water partition coefficient (Wildman–Crippen LogP) is 4.78. The third-order valence-electron chi connectivity index (χ3n) is 2.66. The molecule has 22 heavy (non-hydrogen) atoms. The first-order valence-electron chi connectivity index (χ1n) is 5.99. The average Bonchev–Trinajstić information content (AvgIpc) is 2.88. The van der Waals surface area contributed by atoms with Crippen molar-refractivity contribution in [2.45, 2.75) is 12.9 Å². The first kappa shape index (κ1) is 18.0. The van der Waals surface area contributed by atoms with E-state index in [4.69, 9.17) is 4.74 Å². The lowest BCUT2D eigenvalue weighted by Gasteiger charge is -2.14. The standard InChI is InChI=1S/C12H10BrF3IN3OS/c13-10-2-1-8(5-18-10)11-19-6-9(12(14,15)16)20(11)7-21-3-4-22-17/h1-2,5-6H,3-4,7H2. The minimum atomic E-state index is -4.49. The SMILES string of the molecule is FC(F)(F)c1cnc(-c2ccc(Br)nc2)n1COCCSI. The molecule has 0 aliphatic heterocycles. The topological polar surface area (TPSA) is 39.9 Å². The number of hydrogen-bond acceptors (Lipinski definition) is 4. The number of halogens is 5. The van der Waals surface area contributed by atoms with Crippen molar-refractivity contribution in [2.24, 2.45) is 0 Å². The molecule has 0 atom stereocenters. The first-order chi connectivity index (χ1) is 10.4. The molecule has 0 aliphatic carbocycles. The molecule has 120 valence electrons. The van der Waals surface area contributed by atoms with Crippen molar-refractivity contribution in [1.82, 2.24) is 14.5 Å². The van der Waals surface area contributed by atoms with Crippen LogP contribution in [0.5, 0.6) is 0 Å². The first-order valence-corrected chi connectivity index (χ1v) is 10.3. The summed E-state index contributed by atoms with van der Waals surface area (Å²) < 4.78 is 46.1. The number of hydrogen-bond donors (Lipinski definition) is 0. The van der Waals surface area contributed by atoms with Crippen LogP contribution in [-0.2, 0) is 17.6 Å². The number of aromatic nitrogens is 3. The smallest absolute Gasteiger partial charge is 0.360 e. The summed E-state index contributed by atoms with van der Waals surface area (Å²) in [7, 11) is 1.53. The van der Waals surface area contributed by atoms with Crippen LogP contribution in [0.4, 0.5) is 13.2 Å². The van der Waals surface area contributed by atoms with Crippen LogP contribution in [0.25, 0.3) is 11.4 Å². The van der Waals surface area contributed by atoms with Gasteiger partial charge in [-0.2, -0.15) is 13.2 Å². The molecule has 0 spiro atoms. The molecule has 10 heteroatoms. The van der Waals surface area contributed by atoms with Crippen molar-refractivity contribution >= 4 is 46.1 Å². The molecule has 0 aromatic carbocycles. The van der Waals surface area contributed by atoms with E-state index in [-0.39, 0.29) is 12.6 Å². The fourth-order valence-corrected chi connectivity index (χ4v) is 2.67. The third-order valence-corrected chi connectivity index (χ3v) is 4.77. The fraction of sp³-hybridized carbons (Fsp3) is 0.333. The molecule has 4 nitrogen and oxygen atoms in total. The zero-order valence-corrected chi connectivity index (χ0v) is 15.5. The summed E-state index contributed by atoms with van der Waals surface area (Å²) in [4.78, 5) is 7.90. The second kappa shape index (κ2) is 7.97. The van der Waals surface area contributed by atoms with Crippen molar-refractivity contribution in [3.8, 4) is 11.4 Å². The van der Waals surface area contributed by atoms with Crippen LogP contribution >= 0.6 is 46.1 Å². The van der Waals surface area contributed by atoms with Crippen LogP contribution in [0.15, 0.2) is 29.1 Å². The molecule has 2 rings (SSSR count). The molecular formula is C12H10BrF3IN3OS. The van der Waals surface area contributed by atoms with Gasteiger partial charge in [-0.25, -0.2) is 9.97 Å². The van der Waals surface area contributed by atoms with Gasteiger partial charge in [0, 0.05) is 17.5 Å². The predicted molar refractivity (Wildman–Crippen MR) is 90.6 cm³/mol. The Morgan fingerprint density at radius 2 is 2.05 bits per heavy atom. The zero-order valence-electron chi connectivity index (χ0n) is 11.0. The molecule has 0 radical (unpaired) electrons. The van der Waals surface area contributed by atoms with Crippen LogP contribution in [0.2, 0.25) is 0 Å². The van der Waals surface area contributed by atoms with Gasteiger partial charge in [-0.05, 0) is 49.3 Å². The number of imidazole rings is 1. The molecule has 2 aromatic heterocycles. The van der Waals surface area contributed by atoms with E-state index < -0.39 is 11.9 Å². The number of alkyl halides is 3. The highest BCUT2D eigenvalue weighted by Gasteiger charge is 2.36. The van der Waals surface area contributed by atoms with Crippen molar-refractivity contribution < 1.29 is 17.9 Å². The molecule has 0 fully saturated rings. The van der Waals surface area contributed by atoms with E-state index in [9.17, 15) is 13.2 Å². The second-order valence-electron chi connectivity index (χ2n) is 4.11. The Morgan fingerprint density at radius 1 is 1.27 bits per heavy atom. The minimum absolute atomic E-state index is 0.175. The van der Waals surface area contributed by atoms with Crippen molar-refractivity contribution in [2.75, 3.05) is 12.4 Å². The van der Waals surface area contributed by atoms with Crippen LogP contribution in [-0.4, -0.2) is 26.9 Å². The lowest BCUT2D eigenvalue weighted by molar-refractivity contribution is -0.145. The monoisotopic (exact) mass is 507 g/mol. The third kappa shape index (κ3) is 4.59. The Labute approximate surface area is 149 Å². The summed E-state index contributed by atoms with van der Waals surface area (Å²) in [6, 6.07) is 3.30. The van der Waals surface area contributed by atoms with Crippen molar-refractivity contribution in [3.63, 3.8) is 0 Å². The van der Waals surface area contributed by atoms with Crippen LogP contribution < -0.4 is 0 Å². The van der Waals surface area contributed by atoms with E-state index in [1.807, 2.05) is 0 Å². The average molecular weight is 508 g/mol. The largest absolute Gasteiger partial charge is 0.433 e. The lowest BCUT2D eigenvalue weighted by Crippen LogP contribution is -2.16. The Bertz CT molecular complexity index is 621. The van der Waals surface area contributed by atoms with E-state index in [0.717, 1.165) is 10.8 Å². The maximum absolute atomic E-state index is 13.1. The van der Waals surface area contributed by atoms with Gasteiger partial charge in [0.05, 0.1) is 12.8 Å². The van der Waals surface area contributed by atoms with E-state index in [0.29, 0.717) is 22.5 Å². The zero-order chi connectivity index (χ0) is 16.2. The highest BCUT2D eigenvalue weighted by Crippen LogP contribution is 2.32. The molecule has 2 aromatic rings. The van der Waals surface area contributed by atoms with Crippen molar-refractivity contribution in [3.05, 3.63) is 34.8 Å². The normalized spacial score (nSPS) is 11.9. The van der Waals surface area contributed by atoms with Crippen LogP contribution in [0.3, 0.4) is 0 Å². The fourth-order valence-electron chi connectivity index (χ4n) is 1.72. The maximum Gasteiger partial charge on any atom is 0.433 e. The molecule has 0 bridgehead atoms. The Kier molecular flexibility index (Phi) is 6.53. The Morgan fingerprint density at radius 3 is 2.64 bits per heavy atom. The molecule has 2 heterocycles. The summed E-state index contributed by atoms with van der Waals surface area (Å²) in [6.07, 6.45) is -2.22. The van der Waals surface area contributed by atoms with E-state index in [2.05, 4.69) is 47.1 Å². The minimum Gasteiger partial charge on any atom is -0.360 e. The van der Waals surface area contributed by atoms with Gasteiger partial charge < -0.3 is 4.74 Å². The van der Waals surface area contributed by atoms with E-state index in [1.165, 1.54) is 15.1 Å². The van der Waals surface area contributed by atoms with Crippen molar-refractivity contribution in [1.29, 1.82) is 0 Å². The number of rotatable bonds is 6. The molecule has 0 saturated carbocycles. The molecule has 0 aliphatic rings. The van der Waals surface area contributed by atoms with Gasteiger partial charge in [-0.1, -0.05) is 8.93 Å². The second-order valence-corrected chi connectivity index (χ2v) is 7.42. The highest BCUT2D eigenvalue weighted by molar-refractivity contribution is 14.2. The molecule has 0 N–H and O–H groups in total. The quantitative estimate of drug-likeness (QED) is 0.320. The number of nitrogens with zero attached hydrogens (tertiary/aromatic N) is 3. The highest BCUT2D eigenvalue weighted by atomic mass is 127. The van der Waals surface area contributed by atoms with E-state index in [1.54, 1.807) is 12.1 Å². The number of pyridine rings is 1. The van der Waals surface area contributed by atoms with Crippen LogP contribution in [0, 0.1) is 0 Å².